The normalized spacial score (nSPS) is 27.7. The summed E-state index contributed by atoms with van der Waals surface area (Å²) in [7, 11) is 0. The van der Waals surface area contributed by atoms with Crippen molar-refractivity contribution in [3.63, 3.8) is 0 Å². The van der Waals surface area contributed by atoms with Crippen molar-refractivity contribution < 1.29 is 0 Å². The highest BCUT2D eigenvalue weighted by atomic mass is 32.1. The molecule has 4 rings (SSSR count). The van der Waals surface area contributed by atoms with Gasteiger partial charge in [0.05, 0.1) is 6.04 Å². The third-order valence-corrected chi connectivity index (χ3v) is 6.15. The third-order valence-electron chi connectivity index (χ3n) is 5.14. The Kier molecular flexibility index (Phi) is 3.67. The highest BCUT2D eigenvalue weighted by Gasteiger charge is 2.28. The minimum absolute atomic E-state index is 0.409. The van der Waals surface area contributed by atoms with E-state index in [1.54, 1.807) is 11.3 Å². The molecular formula is C15H23N5S. The maximum Gasteiger partial charge on any atom is 0.234 e. The molecule has 1 N–H and O–H groups in total. The predicted molar refractivity (Wildman–Crippen MR) is 83.6 cm³/mol. The molecule has 2 atom stereocenters. The van der Waals surface area contributed by atoms with E-state index in [1.807, 2.05) is 4.52 Å². The van der Waals surface area contributed by atoms with Crippen LogP contribution in [-0.4, -0.2) is 26.4 Å². The summed E-state index contributed by atoms with van der Waals surface area (Å²) >= 11 is 1.71. The predicted octanol–water partition coefficient (Wildman–Crippen LogP) is 3.29. The molecule has 3 heterocycles. The van der Waals surface area contributed by atoms with Crippen LogP contribution in [0, 0.1) is 5.92 Å². The summed E-state index contributed by atoms with van der Waals surface area (Å²) in [5, 5.41) is 18.4. The summed E-state index contributed by atoms with van der Waals surface area (Å²) in [5.41, 5.74) is 0. The molecule has 0 amide bonds. The van der Waals surface area contributed by atoms with Gasteiger partial charge in [-0.25, -0.2) is 0 Å². The third kappa shape index (κ3) is 2.48. The van der Waals surface area contributed by atoms with Crippen LogP contribution < -0.4 is 5.32 Å². The van der Waals surface area contributed by atoms with Gasteiger partial charge < -0.3 is 5.32 Å². The summed E-state index contributed by atoms with van der Waals surface area (Å²) in [5.74, 6) is 2.49. The van der Waals surface area contributed by atoms with E-state index in [-0.39, 0.29) is 0 Å². The molecule has 2 aromatic heterocycles. The summed E-state index contributed by atoms with van der Waals surface area (Å²) in [6.07, 6.45) is 8.90. The quantitative estimate of drug-likeness (QED) is 0.945. The first-order valence-corrected chi connectivity index (χ1v) is 9.12. The van der Waals surface area contributed by atoms with E-state index in [0.717, 1.165) is 23.2 Å². The molecule has 0 spiro atoms. The molecule has 2 fully saturated rings. The Hall–Kier alpha value is -1.01. The molecule has 21 heavy (non-hydrogen) atoms. The summed E-state index contributed by atoms with van der Waals surface area (Å²) in [6.45, 7) is 3.41. The van der Waals surface area contributed by atoms with Crippen LogP contribution >= 0.6 is 11.3 Å². The Morgan fingerprint density at radius 1 is 1.24 bits per heavy atom. The lowest BCUT2D eigenvalue weighted by Gasteiger charge is -2.28. The second kappa shape index (κ2) is 5.65. The standard InChI is InChI=1S/C15H23N5S/c1-2-10-7-8-16-12(9-10)14-19-20-13(11-5-3-4-6-11)17-18-15(20)21-14/h10-12,16H,2-9H2,1H3. The van der Waals surface area contributed by atoms with Crippen LogP contribution in [0.4, 0.5) is 0 Å². The van der Waals surface area contributed by atoms with Crippen LogP contribution in [0.1, 0.15) is 74.7 Å². The molecule has 5 nitrogen and oxygen atoms in total. The van der Waals surface area contributed by atoms with Crippen molar-refractivity contribution in [1.82, 2.24) is 25.1 Å². The molecule has 1 aliphatic heterocycles. The van der Waals surface area contributed by atoms with Crippen molar-refractivity contribution >= 4 is 16.3 Å². The zero-order valence-corrected chi connectivity index (χ0v) is 13.4. The Morgan fingerprint density at radius 3 is 2.90 bits per heavy atom. The smallest absolute Gasteiger partial charge is 0.234 e. The Balaban J connectivity index is 1.61. The van der Waals surface area contributed by atoms with Gasteiger partial charge in [0, 0.05) is 5.92 Å². The fourth-order valence-electron chi connectivity index (χ4n) is 3.78. The van der Waals surface area contributed by atoms with Crippen LogP contribution in [0.25, 0.3) is 4.96 Å². The minimum Gasteiger partial charge on any atom is -0.308 e. The number of fused-ring (bicyclic) bond motifs is 1. The molecule has 1 aliphatic carbocycles. The molecule has 2 unspecified atom stereocenters. The van der Waals surface area contributed by atoms with Crippen molar-refractivity contribution in [2.75, 3.05) is 6.54 Å². The van der Waals surface area contributed by atoms with Crippen molar-refractivity contribution in [3.05, 3.63) is 10.8 Å². The lowest BCUT2D eigenvalue weighted by Crippen LogP contribution is -2.31. The molecule has 114 valence electrons. The maximum atomic E-state index is 4.86. The lowest BCUT2D eigenvalue weighted by atomic mass is 9.91. The Morgan fingerprint density at radius 2 is 2.10 bits per heavy atom. The van der Waals surface area contributed by atoms with E-state index < -0.39 is 0 Å². The van der Waals surface area contributed by atoms with Crippen LogP contribution in [0.2, 0.25) is 0 Å². The first-order chi connectivity index (χ1) is 10.3. The fourth-order valence-corrected chi connectivity index (χ4v) is 4.72. The van der Waals surface area contributed by atoms with Crippen LogP contribution in [-0.2, 0) is 0 Å². The van der Waals surface area contributed by atoms with Crippen molar-refractivity contribution in [1.29, 1.82) is 0 Å². The zero-order chi connectivity index (χ0) is 14.2. The number of hydrogen-bond donors (Lipinski definition) is 1. The fraction of sp³-hybridized carbons (Fsp3) is 0.800. The number of rotatable bonds is 3. The van der Waals surface area contributed by atoms with E-state index in [0.29, 0.717) is 12.0 Å². The lowest BCUT2D eigenvalue weighted by molar-refractivity contribution is 0.297. The first kappa shape index (κ1) is 13.6. The van der Waals surface area contributed by atoms with Crippen molar-refractivity contribution in [3.8, 4) is 0 Å². The molecule has 2 aliphatic rings. The van der Waals surface area contributed by atoms with E-state index >= 15 is 0 Å². The molecule has 1 saturated carbocycles. The largest absolute Gasteiger partial charge is 0.308 e. The highest BCUT2D eigenvalue weighted by molar-refractivity contribution is 7.16. The molecule has 0 bridgehead atoms. The minimum atomic E-state index is 0.409. The van der Waals surface area contributed by atoms with Gasteiger partial charge in [0.25, 0.3) is 0 Å². The van der Waals surface area contributed by atoms with Crippen LogP contribution in [0.3, 0.4) is 0 Å². The summed E-state index contributed by atoms with van der Waals surface area (Å²) < 4.78 is 2.02. The van der Waals surface area contributed by atoms with Gasteiger partial charge in [0.1, 0.15) is 5.01 Å². The number of nitrogens with zero attached hydrogens (tertiary/aromatic N) is 4. The van der Waals surface area contributed by atoms with Gasteiger partial charge in [0.15, 0.2) is 5.82 Å². The van der Waals surface area contributed by atoms with Gasteiger partial charge in [-0.2, -0.15) is 9.61 Å². The van der Waals surface area contributed by atoms with Crippen LogP contribution in [0.5, 0.6) is 0 Å². The van der Waals surface area contributed by atoms with Crippen LogP contribution in [0.15, 0.2) is 0 Å². The van der Waals surface area contributed by atoms with Crippen molar-refractivity contribution in [2.45, 2.75) is 63.8 Å². The maximum absolute atomic E-state index is 4.86. The Bertz CT molecular complexity index is 613. The average Bonchev–Trinajstić information content (AvgIpc) is 3.23. The molecule has 0 aromatic carbocycles. The molecule has 0 radical (unpaired) electrons. The molecule has 6 heteroatoms. The monoisotopic (exact) mass is 305 g/mol. The van der Waals surface area contributed by atoms with E-state index in [9.17, 15) is 0 Å². The average molecular weight is 305 g/mol. The van der Waals surface area contributed by atoms with Gasteiger partial charge in [0.2, 0.25) is 4.96 Å². The van der Waals surface area contributed by atoms with Gasteiger partial charge >= 0.3 is 0 Å². The van der Waals surface area contributed by atoms with Gasteiger partial charge in [-0.1, -0.05) is 37.5 Å². The van der Waals surface area contributed by atoms with E-state index in [4.69, 9.17) is 5.10 Å². The van der Waals surface area contributed by atoms with Gasteiger partial charge in [-0.3, -0.25) is 0 Å². The van der Waals surface area contributed by atoms with Crippen molar-refractivity contribution in [2.24, 2.45) is 5.92 Å². The highest BCUT2D eigenvalue weighted by Crippen LogP contribution is 2.35. The van der Waals surface area contributed by atoms with E-state index in [1.165, 1.54) is 50.0 Å². The van der Waals surface area contributed by atoms with Gasteiger partial charge in [-0.05, 0) is 38.1 Å². The number of aromatic nitrogens is 4. The molecule has 2 aromatic rings. The molecular weight excluding hydrogens is 282 g/mol. The Labute approximate surface area is 129 Å². The number of hydrogen-bond acceptors (Lipinski definition) is 5. The zero-order valence-electron chi connectivity index (χ0n) is 12.6. The second-order valence-corrected chi connectivity index (χ2v) is 7.47. The van der Waals surface area contributed by atoms with Gasteiger partial charge in [-0.15, -0.1) is 10.2 Å². The summed E-state index contributed by atoms with van der Waals surface area (Å²) in [6, 6.07) is 0.409. The number of nitrogens with one attached hydrogen (secondary N) is 1. The molecule has 1 saturated heterocycles. The SMILES string of the molecule is CCC1CCNC(c2nn3c(C4CCCC4)nnc3s2)C1. The summed E-state index contributed by atoms with van der Waals surface area (Å²) in [4.78, 5) is 0.965. The first-order valence-electron chi connectivity index (χ1n) is 8.30. The van der Waals surface area contributed by atoms with E-state index in [2.05, 4.69) is 22.4 Å². The number of piperidine rings is 1. The second-order valence-electron chi connectivity index (χ2n) is 6.48. The topological polar surface area (TPSA) is 55.1 Å².